The molecule has 4 aliphatic carbocycles. The molecule has 4 N–H and O–H groups in total. The Morgan fingerprint density at radius 1 is 1.21 bits per heavy atom. The molecule has 0 radical (unpaired) electrons. The third-order valence-corrected chi connectivity index (χ3v) is 9.02. The molecule has 4 saturated carbocycles. The van der Waals surface area contributed by atoms with E-state index >= 15 is 0 Å². The minimum Gasteiger partial charge on any atom is -0.393 e. The van der Waals surface area contributed by atoms with Gasteiger partial charge in [0.25, 0.3) is 0 Å². The largest absolute Gasteiger partial charge is 0.393 e. The summed E-state index contributed by atoms with van der Waals surface area (Å²) in [5.74, 6) is -4.20. The number of ketones is 1. The van der Waals surface area contributed by atoms with E-state index in [1.54, 1.807) is 0 Å². The first kappa shape index (κ1) is 19.2. The van der Waals surface area contributed by atoms with Crippen LogP contribution in [0.3, 0.4) is 0 Å². The van der Waals surface area contributed by atoms with Crippen LogP contribution in [0.15, 0.2) is 12.2 Å². The molecule has 6 fully saturated rings. The van der Waals surface area contributed by atoms with Gasteiger partial charge < -0.3 is 29.9 Å². The summed E-state index contributed by atoms with van der Waals surface area (Å²) in [4.78, 5) is 13.5. The molecule has 0 amide bonds. The molecule has 0 aromatic heterocycles. The second kappa shape index (κ2) is 5.25. The Kier molecular flexibility index (Phi) is 3.59. The Bertz CT molecular complexity index is 764. The van der Waals surface area contributed by atoms with Crippen molar-refractivity contribution in [1.29, 1.82) is 0 Å². The van der Waals surface area contributed by atoms with E-state index < -0.39 is 58.5 Å². The summed E-state index contributed by atoms with van der Waals surface area (Å²) >= 11 is 0. The van der Waals surface area contributed by atoms with Crippen molar-refractivity contribution < 1.29 is 34.7 Å². The van der Waals surface area contributed by atoms with E-state index in [0.29, 0.717) is 24.8 Å². The van der Waals surface area contributed by atoms with Crippen LogP contribution in [0.2, 0.25) is 0 Å². The maximum Gasteiger partial charge on any atom is 0.208 e. The highest BCUT2D eigenvalue weighted by atomic mass is 16.7. The second-order valence-corrected chi connectivity index (χ2v) is 10.4. The second-order valence-electron chi connectivity index (χ2n) is 10.4. The lowest BCUT2D eigenvalue weighted by Crippen LogP contribution is -2.87. The highest BCUT2D eigenvalue weighted by Gasteiger charge is 2.88. The smallest absolute Gasteiger partial charge is 0.208 e. The lowest BCUT2D eigenvalue weighted by Gasteiger charge is -2.76. The van der Waals surface area contributed by atoms with Crippen molar-refractivity contribution in [2.24, 2.45) is 34.0 Å². The molecule has 0 aromatic carbocycles. The van der Waals surface area contributed by atoms with E-state index in [0.717, 1.165) is 0 Å². The molecule has 4 bridgehead atoms. The molecule has 28 heavy (non-hydrogen) atoms. The molecule has 156 valence electrons. The highest BCUT2D eigenvalue weighted by Crippen LogP contribution is 2.77. The molecule has 6 aliphatic rings. The van der Waals surface area contributed by atoms with Gasteiger partial charge in [-0.1, -0.05) is 20.4 Å². The molecule has 0 aromatic rings. The van der Waals surface area contributed by atoms with Gasteiger partial charge >= 0.3 is 0 Å². The van der Waals surface area contributed by atoms with Gasteiger partial charge in [-0.15, -0.1) is 0 Å². The summed E-state index contributed by atoms with van der Waals surface area (Å²) in [5.41, 5.74) is -2.81. The number of aliphatic hydroxyl groups excluding tert-OH is 3. The fourth-order valence-corrected chi connectivity index (χ4v) is 8.15. The van der Waals surface area contributed by atoms with Crippen LogP contribution in [0.5, 0.6) is 0 Å². The van der Waals surface area contributed by atoms with Gasteiger partial charge in [0.05, 0.1) is 23.0 Å². The number of fused-ring (bicyclic) bond motifs is 2. The molecule has 10 atom stereocenters. The Morgan fingerprint density at radius 2 is 1.89 bits per heavy atom. The van der Waals surface area contributed by atoms with Gasteiger partial charge in [-0.2, -0.15) is 0 Å². The first-order chi connectivity index (χ1) is 13.0. The quantitative estimate of drug-likeness (QED) is 0.474. The standard InChI is InChI=1S/C21H30O7/c1-9-10-7-11(22)13-19(8-10,15(9)24)21(26)16(25)14-18(2,3)6-5-12(23)20(13,14)17(27-4)28-21/h10-14,16-17,22-23,25-26H,1,5-8H2,2-4H3. The average Bonchev–Trinajstić information content (AvgIpc) is 2.82. The molecule has 7 heteroatoms. The van der Waals surface area contributed by atoms with Crippen LogP contribution in [0.25, 0.3) is 0 Å². The Balaban J connectivity index is 1.85. The van der Waals surface area contributed by atoms with E-state index in [9.17, 15) is 25.2 Å². The van der Waals surface area contributed by atoms with Gasteiger partial charge in [-0.25, -0.2) is 0 Å². The van der Waals surface area contributed by atoms with Crippen LogP contribution in [0.1, 0.15) is 39.5 Å². The summed E-state index contributed by atoms with van der Waals surface area (Å²) in [6.45, 7) is 7.91. The number of ether oxygens (including phenoxy) is 2. The number of hydrogen-bond donors (Lipinski definition) is 4. The van der Waals surface area contributed by atoms with Crippen molar-refractivity contribution in [2.45, 2.75) is 69.9 Å². The van der Waals surface area contributed by atoms with Gasteiger partial charge in [0.15, 0.2) is 12.1 Å². The number of allylic oxidation sites excluding steroid dienone is 1. The predicted molar refractivity (Wildman–Crippen MR) is 96.6 cm³/mol. The molecule has 6 rings (SSSR count). The zero-order valence-electron chi connectivity index (χ0n) is 16.6. The molecule has 2 saturated heterocycles. The van der Waals surface area contributed by atoms with Crippen LogP contribution in [-0.2, 0) is 14.3 Å². The van der Waals surface area contributed by atoms with Crippen LogP contribution in [-0.4, -0.2) is 63.7 Å². The average molecular weight is 394 g/mol. The van der Waals surface area contributed by atoms with Crippen molar-refractivity contribution >= 4 is 5.78 Å². The van der Waals surface area contributed by atoms with E-state index in [2.05, 4.69) is 6.58 Å². The SMILES string of the molecule is C=C1C(=O)C23CC1CC(O)C2C12C(O)CCC(C)(C)C1C(O)C3(O)OC2OC. The number of hydrogen-bond acceptors (Lipinski definition) is 7. The minimum atomic E-state index is -2.20. The minimum absolute atomic E-state index is 0.262. The number of Topliss-reactive ketones (excluding diaryl/α,β-unsaturated/α-hetero) is 1. The van der Waals surface area contributed by atoms with Crippen molar-refractivity contribution in [2.75, 3.05) is 7.11 Å². The molecule has 10 unspecified atom stereocenters. The molecule has 2 aliphatic heterocycles. The summed E-state index contributed by atoms with van der Waals surface area (Å²) in [5, 5.41) is 45.9. The van der Waals surface area contributed by atoms with E-state index in [4.69, 9.17) is 9.47 Å². The van der Waals surface area contributed by atoms with Crippen LogP contribution >= 0.6 is 0 Å². The van der Waals surface area contributed by atoms with Gasteiger partial charge in [0.1, 0.15) is 6.10 Å². The number of aliphatic hydroxyl groups is 4. The number of methoxy groups -OCH3 is 1. The normalized spacial score (nSPS) is 59.2. The maximum atomic E-state index is 13.5. The van der Waals surface area contributed by atoms with Crippen LogP contribution < -0.4 is 0 Å². The monoisotopic (exact) mass is 394 g/mol. The van der Waals surface area contributed by atoms with Crippen molar-refractivity contribution in [3.05, 3.63) is 12.2 Å². The number of rotatable bonds is 1. The molecular weight excluding hydrogens is 364 g/mol. The summed E-state index contributed by atoms with van der Waals surface area (Å²) in [7, 11) is 1.43. The molecular formula is C21H30O7. The summed E-state index contributed by atoms with van der Waals surface area (Å²) in [6, 6.07) is 0. The zero-order valence-corrected chi connectivity index (χ0v) is 16.6. The number of carbonyl (C=O) groups excluding carboxylic acids is 1. The van der Waals surface area contributed by atoms with Gasteiger partial charge in [-0.05, 0) is 42.6 Å². The maximum absolute atomic E-state index is 13.5. The van der Waals surface area contributed by atoms with Gasteiger partial charge in [0, 0.05) is 18.9 Å². The van der Waals surface area contributed by atoms with Crippen LogP contribution in [0, 0.1) is 34.0 Å². The summed E-state index contributed by atoms with van der Waals surface area (Å²) < 4.78 is 11.6. The van der Waals surface area contributed by atoms with E-state index in [1.165, 1.54) is 7.11 Å². The lowest BCUT2D eigenvalue weighted by atomic mass is 9.35. The van der Waals surface area contributed by atoms with Gasteiger partial charge in [0.2, 0.25) is 5.79 Å². The van der Waals surface area contributed by atoms with Gasteiger partial charge in [-0.3, -0.25) is 4.79 Å². The Morgan fingerprint density at radius 3 is 2.54 bits per heavy atom. The molecule has 2 heterocycles. The zero-order chi connectivity index (χ0) is 20.4. The van der Waals surface area contributed by atoms with Crippen LogP contribution in [0.4, 0.5) is 0 Å². The topological polar surface area (TPSA) is 116 Å². The third-order valence-electron chi connectivity index (χ3n) is 9.02. The van der Waals surface area contributed by atoms with Crippen molar-refractivity contribution in [3.63, 3.8) is 0 Å². The lowest BCUT2D eigenvalue weighted by molar-refractivity contribution is -0.508. The van der Waals surface area contributed by atoms with Crippen molar-refractivity contribution in [3.8, 4) is 0 Å². The first-order valence-electron chi connectivity index (χ1n) is 10.2. The highest BCUT2D eigenvalue weighted by molar-refractivity contribution is 6.04. The van der Waals surface area contributed by atoms with Crippen molar-refractivity contribution in [1.82, 2.24) is 0 Å². The van der Waals surface area contributed by atoms with E-state index in [1.807, 2.05) is 13.8 Å². The fourth-order valence-electron chi connectivity index (χ4n) is 8.15. The summed E-state index contributed by atoms with van der Waals surface area (Å²) in [6.07, 6.45) is -2.61. The Hall–Kier alpha value is -0.830. The van der Waals surface area contributed by atoms with E-state index in [-0.39, 0.29) is 18.1 Å². The first-order valence-corrected chi connectivity index (χ1v) is 10.2. The Labute approximate surface area is 164 Å². The molecule has 7 nitrogen and oxygen atoms in total. The molecule has 2 spiro atoms. The number of carbonyl (C=O) groups is 1. The third kappa shape index (κ3) is 1.66. The fraction of sp³-hybridized carbons (Fsp3) is 0.857. The predicted octanol–water partition coefficient (Wildman–Crippen LogP) is 0.348.